The molecule has 2 aromatic rings. The third kappa shape index (κ3) is 6.30. The van der Waals surface area contributed by atoms with Crippen LogP contribution in [0.3, 0.4) is 0 Å². The van der Waals surface area contributed by atoms with Crippen LogP contribution in [-0.2, 0) is 0 Å². The third-order valence-corrected chi connectivity index (χ3v) is 3.70. The molecule has 132 valence electrons. The predicted octanol–water partition coefficient (Wildman–Crippen LogP) is 4.79. The van der Waals surface area contributed by atoms with Crippen LogP contribution in [0.15, 0.2) is 53.6 Å². The molecule has 5 heteroatoms. The summed E-state index contributed by atoms with van der Waals surface area (Å²) in [6.45, 7) is 2.93. The van der Waals surface area contributed by atoms with E-state index in [1.54, 1.807) is 24.4 Å². The molecule has 0 fully saturated rings. The lowest BCUT2D eigenvalue weighted by atomic mass is 10.2. The molecule has 0 aliphatic carbocycles. The Bertz CT molecular complexity index is 696. The molecule has 5 nitrogen and oxygen atoms in total. The molecule has 0 saturated heterocycles. The first-order valence-corrected chi connectivity index (χ1v) is 8.55. The SMILES string of the molecule is CCCCCCOc1ccc(/C=N/Nc2ccccc2C(=O)O)cc1. The highest BCUT2D eigenvalue weighted by Gasteiger charge is 2.07. The molecular weight excluding hydrogens is 316 g/mol. The summed E-state index contributed by atoms with van der Waals surface area (Å²) in [7, 11) is 0. The number of benzene rings is 2. The second-order valence-electron chi connectivity index (χ2n) is 5.70. The van der Waals surface area contributed by atoms with Gasteiger partial charge in [-0.1, -0.05) is 38.3 Å². The number of aromatic carboxylic acids is 1. The van der Waals surface area contributed by atoms with Gasteiger partial charge in [-0.25, -0.2) is 4.79 Å². The minimum absolute atomic E-state index is 0.187. The summed E-state index contributed by atoms with van der Waals surface area (Å²) in [5.74, 6) is -0.142. The molecule has 2 rings (SSSR count). The van der Waals surface area contributed by atoms with Crippen molar-refractivity contribution in [1.82, 2.24) is 0 Å². The molecule has 25 heavy (non-hydrogen) atoms. The summed E-state index contributed by atoms with van der Waals surface area (Å²) >= 11 is 0. The number of carbonyl (C=O) groups is 1. The van der Waals surface area contributed by atoms with Gasteiger partial charge in [0.15, 0.2) is 0 Å². The highest BCUT2D eigenvalue weighted by atomic mass is 16.5. The van der Waals surface area contributed by atoms with Crippen molar-refractivity contribution in [2.24, 2.45) is 5.10 Å². The molecule has 0 radical (unpaired) electrons. The number of carboxylic acids is 1. The van der Waals surface area contributed by atoms with Crippen LogP contribution in [0.2, 0.25) is 0 Å². The van der Waals surface area contributed by atoms with Gasteiger partial charge < -0.3 is 9.84 Å². The Balaban J connectivity index is 1.85. The van der Waals surface area contributed by atoms with Crippen LogP contribution < -0.4 is 10.2 Å². The number of nitrogens with one attached hydrogen (secondary N) is 1. The van der Waals surface area contributed by atoms with Crippen molar-refractivity contribution < 1.29 is 14.6 Å². The zero-order valence-electron chi connectivity index (χ0n) is 14.4. The molecule has 0 amide bonds. The van der Waals surface area contributed by atoms with E-state index >= 15 is 0 Å². The van der Waals surface area contributed by atoms with Crippen LogP contribution in [0.1, 0.15) is 48.5 Å². The van der Waals surface area contributed by atoms with Crippen molar-refractivity contribution >= 4 is 17.9 Å². The Morgan fingerprint density at radius 2 is 1.88 bits per heavy atom. The van der Waals surface area contributed by atoms with Gasteiger partial charge in [0.2, 0.25) is 0 Å². The standard InChI is InChI=1S/C20H24N2O3/c1-2-3-4-7-14-25-17-12-10-16(11-13-17)15-21-22-19-9-6-5-8-18(19)20(23)24/h5-6,8-13,15,22H,2-4,7,14H2,1H3,(H,23,24)/b21-15+. The van der Waals surface area contributed by atoms with Gasteiger partial charge in [-0.05, 0) is 48.4 Å². The Morgan fingerprint density at radius 1 is 1.12 bits per heavy atom. The van der Waals surface area contributed by atoms with Crippen LogP contribution in [0.5, 0.6) is 5.75 Å². The maximum absolute atomic E-state index is 11.1. The number of unbranched alkanes of at least 4 members (excludes halogenated alkanes) is 3. The average Bonchev–Trinajstić information content (AvgIpc) is 2.63. The van der Waals surface area contributed by atoms with Gasteiger partial charge in [-0.3, -0.25) is 5.43 Å². The molecule has 0 aromatic heterocycles. The Kier molecular flexibility index (Phi) is 7.50. The number of hydrogen-bond donors (Lipinski definition) is 2. The van der Waals surface area contributed by atoms with Gasteiger partial charge in [0.1, 0.15) is 5.75 Å². The zero-order chi connectivity index (χ0) is 17.9. The van der Waals surface area contributed by atoms with E-state index in [1.807, 2.05) is 24.3 Å². The lowest BCUT2D eigenvalue weighted by Crippen LogP contribution is -2.02. The molecule has 0 aliphatic heterocycles. The summed E-state index contributed by atoms with van der Waals surface area (Å²) in [6.07, 6.45) is 6.38. The van der Waals surface area contributed by atoms with Crippen molar-refractivity contribution in [2.45, 2.75) is 32.6 Å². The van der Waals surface area contributed by atoms with E-state index in [-0.39, 0.29) is 5.56 Å². The van der Waals surface area contributed by atoms with Crippen molar-refractivity contribution in [3.05, 3.63) is 59.7 Å². The summed E-state index contributed by atoms with van der Waals surface area (Å²) in [6, 6.07) is 14.3. The van der Waals surface area contributed by atoms with Gasteiger partial charge in [0.05, 0.1) is 24.1 Å². The van der Waals surface area contributed by atoms with E-state index in [9.17, 15) is 4.79 Å². The largest absolute Gasteiger partial charge is 0.494 e. The number of hydrazone groups is 1. The van der Waals surface area contributed by atoms with Crippen molar-refractivity contribution in [1.29, 1.82) is 0 Å². The zero-order valence-corrected chi connectivity index (χ0v) is 14.4. The minimum atomic E-state index is -0.987. The predicted molar refractivity (Wildman–Crippen MR) is 101 cm³/mol. The maximum Gasteiger partial charge on any atom is 0.337 e. The fourth-order valence-corrected chi connectivity index (χ4v) is 2.31. The topological polar surface area (TPSA) is 70.9 Å². The van der Waals surface area contributed by atoms with Crippen LogP contribution in [0, 0.1) is 0 Å². The molecule has 0 bridgehead atoms. The van der Waals surface area contributed by atoms with E-state index in [2.05, 4.69) is 17.5 Å². The van der Waals surface area contributed by atoms with Crippen molar-refractivity contribution in [3.63, 3.8) is 0 Å². The molecule has 0 atom stereocenters. The van der Waals surface area contributed by atoms with Gasteiger partial charge in [0, 0.05) is 0 Å². The third-order valence-electron chi connectivity index (χ3n) is 3.70. The minimum Gasteiger partial charge on any atom is -0.494 e. The highest BCUT2D eigenvalue weighted by molar-refractivity contribution is 5.94. The summed E-state index contributed by atoms with van der Waals surface area (Å²) in [5.41, 5.74) is 4.31. The molecule has 2 aromatic carbocycles. The van der Waals surface area contributed by atoms with Gasteiger partial charge >= 0.3 is 5.97 Å². The Morgan fingerprint density at radius 3 is 2.60 bits per heavy atom. The van der Waals surface area contributed by atoms with E-state index in [0.29, 0.717) is 5.69 Å². The summed E-state index contributed by atoms with van der Waals surface area (Å²) in [5, 5.41) is 13.2. The number of ether oxygens (including phenoxy) is 1. The fraction of sp³-hybridized carbons (Fsp3) is 0.300. The van der Waals surface area contributed by atoms with E-state index in [4.69, 9.17) is 9.84 Å². The van der Waals surface area contributed by atoms with Gasteiger partial charge in [-0.15, -0.1) is 0 Å². The van der Waals surface area contributed by atoms with Crippen LogP contribution in [-0.4, -0.2) is 23.9 Å². The molecule has 0 unspecified atom stereocenters. The molecule has 0 saturated carbocycles. The monoisotopic (exact) mass is 340 g/mol. The number of anilines is 1. The maximum atomic E-state index is 11.1. The lowest BCUT2D eigenvalue weighted by Gasteiger charge is -2.06. The van der Waals surface area contributed by atoms with Crippen LogP contribution in [0.4, 0.5) is 5.69 Å². The van der Waals surface area contributed by atoms with Gasteiger partial charge in [0.25, 0.3) is 0 Å². The second kappa shape index (κ2) is 10.1. The van der Waals surface area contributed by atoms with E-state index in [0.717, 1.165) is 24.3 Å². The quantitative estimate of drug-likeness (QED) is 0.370. The highest BCUT2D eigenvalue weighted by Crippen LogP contribution is 2.15. The number of rotatable bonds is 10. The normalized spacial score (nSPS) is 10.8. The Labute approximate surface area is 148 Å². The summed E-state index contributed by atoms with van der Waals surface area (Å²) in [4.78, 5) is 11.1. The van der Waals surface area contributed by atoms with E-state index in [1.165, 1.54) is 25.3 Å². The number of nitrogens with zero attached hydrogens (tertiary/aromatic N) is 1. The van der Waals surface area contributed by atoms with Crippen LogP contribution in [0.25, 0.3) is 0 Å². The lowest BCUT2D eigenvalue weighted by molar-refractivity contribution is 0.0698. The summed E-state index contributed by atoms with van der Waals surface area (Å²) < 4.78 is 5.70. The second-order valence-corrected chi connectivity index (χ2v) is 5.70. The molecular formula is C20H24N2O3. The van der Waals surface area contributed by atoms with Gasteiger partial charge in [-0.2, -0.15) is 5.10 Å². The first-order chi connectivity index (χ1) is 12.2. The molecule has 0 aliphatic rings. The van der Waals surface area contributed by atoms with Crippen molar-refractivity contribution in [3.8, 4) is 5.75 Å². The number of carboxylic acid groups (broad SMARTS) is 1. The van der Waals surface area contributed by atoms with Crippen molar-refractivity contribution in [2.75, 3.05) is 12.0 Å². The molecule has 0 heterocycles. The molecule has 0 spiro atoms. The average molecular weight is 340 g/mol. The van der Waals surface area contributed by atoms with E-state index < -0.39 is 5.97 Å². The number of para-hydroxylation sites is 1. The first kappa shape index (κ1) is 18.5. The first-order valence-electron chi connectivity index (χ1n) is 8.55. The Hall–Kier alpha value is -2.82. The number of hydrogen-bond acceptors (Lipinski definition) is 4. The fourth-order valence-electron chi connectivity index (χ4n) is 2.31. The smallest absolute Gasteiger partial charge is 0.337 e. The van der Waals surface area contributed by atoms with Crippen LogP contribution >= 0.6 is 0 Å². The molecule has 2 N–H and O–H groups in total.